The molecule has 4 heteroatoms. The Bertz CT molecular complexity index is 813. The maximum absolute atomic E-state index is 12.6. The van der Waals surface area contributed by atoms with Gasteiger partial charge in [0.25, 0.3) is 0 Å². The van der Waals surface area contributed by atoms with Gasteiger partial charge in [0.2, 0.25) is 5.91 Å². The summed E-state index contributed by atoms with van der Waals surface area (Å²) in [6, 6.07) is 22.5. The molecule has 3 aromatic rings. The fourth-order valence-corrected chi connectivity index (χ4v) is 3.74. The molecule has 0 spiro atoms. The number of rotatable bonds is 7. The highest BCUT2D eigenvalue weighted by Crippen LogP contribution is 2.25. The van der Waals surface area contributed by atoms with Crippen LogP contribution in [0.25, 0.3) is 0 Å². The van der Waals surface area contributed by atoms with E-state index in [0.717, 1.165) is 17.0 Å². The first-order valence-corrected chi connectivity index (χ1v) is 9.61. The second kappa shape index (κ2) is 8.79. The maximum Gasteiger partial charge on any atom is 0.234 e. The Morgan fingerprint density at radius 2 is 1.77 bits per heavy atom. The SMILES string of the molecule is Cc1ccc(CN(C)CC(=O)N[C@H](c2ccccc2)c2cccs2)cc1. The zero-order valence-corrected chi connectivity index (χ0v) is 16.0. The molecular formula is C22H24N2OS. The highest BCUT2D eigenvalue weighted by atomic mass is 32.1. The van der Waals surface area contributed by atoms with E-state index in [2.05, 4.69) is 54.7 Å². The molecule has 0 aliphatic rings. The van der Waals surface area contributed by atoms with Crippen molar-refractivity contribution in [1.82, 2.24) is 10.2 Å². The molecular weight excluding hydrogens is 340 g/mol. The van der Waals surface area contributed by atoms with Crippen LogP contribution in [0.1, 0.15) is 27.6 Å². The molecule has 0 saturated heterocycles. The topological polar surface area (TPSA) is 32.3 Å². The molecule has 3 rings (SSSR count). The summed E-state index contributed by atoms with van der Waals surface area (Å²) in [7, 11) is 1.97. The number of likely N-dealkylation sites (N-methyl/N-ethyl adjacent to an activating group) is 1. The highest BCUT2D eigenvalue weighted by molar-refractivity contribution is 7.10. The van der Waals surface area contributed by atoms with Crippen molar-refractivity contribution in [3.05, 3.63) is 93.7 Å². The molecule has 0 aliphatic carbocycles. The Balaban J connectivity index is 1.63. The van der Waals surface area contributed by atoms with Crippen LogP contribution in [0.5, 0.6) is 0 Å². The second-order valence-electron chi connectivity index (χ2n) is 6.58. The van der Waals surface area contributed by atoms with Gasteiger partial charge in [-0.2, -0.15) is 0 Å². The van der Waals surface area contributed by atoms with Crippen molar-refractivity contribution in [3.63, 3.8) is 0 Å². The number of thiophene rings is 1. The third-order valence-corrected chi connectivity index (χ3v) is 5.19. The zero-order chi connectivity index (χ0) is 18.4. The summed E-state index contributed by atoms with van der Waals surface area (Å²) < 4.78 is 0. The van der Waals surface area contributed by atoms with Gasteiger partial charge in [-0.3, -0.25) is 9.69 Å². The van der Waals surface area contributed by atoms with Gasteiger partial charge in [0.1, 0.15) is 0 Å². The minimum Gasteiger partial charge on any atom is -0.343 e. The minimum absolute atomic E-state index is 0.0295. The fraction of sp³-hybridized carbons (Fsp3) is 0.227. The molecule has 0 fully saturated rings. The van der Waals surface area contributed by atoms with Crippen LogP contribution in [0.4, 0.5) is 0 Å². The normalized spacial score (nSPS) is 12.1. The van der Waals surface area contributed by atoms with E-state index in [-0.39, 0.29) is 11.9 Å². The van der Waals surface area contributed by atoms with E-state index in [4.69, 9.17) is 0 Å². The van der Waals surface area contributed by atoms with Crippen LogP contribution in [-0.2, 0) is 11.3 Å². The number of nitrogens with zero attached hydrogens (tertiary/aromatic N) is 1. The van der Waals surface area contributed by atoms with Gasteiger partial charge in [-0.15, -0.1) is 11.3 Å². The summed E-state index contributed by atoms with van der Waals surface area (Å²) in [5.41, 5.74) is 3.56. The van der Waals surface area contributed by atoms with E-state index < -0.39 is 0 Å². The predicted octanol–water partition coefficient (Wildman–Crippen LogP) is 4.39. The average molecular weight is 365 g/mol. The molecule has 1 aromatic heterocycles. The number of hydrogen-bond acceptors (Lipinski definition) is 3. The van der Waals surface area contributed by atoms with Crippen LogP contribution < -0.4 is 5.32 Å². The van der Waals surface area contributed by atoms with E-state index in [1.165, 1.54) is 11.1 Å². The summed E-state index contributed by atoms with van der Waals surface area (Å²) >= 11 is 1.66. The van der Waals surface area contributed by atoms with Gasteiger partial charge in [-0.25, -0.2) is 0 Å². The summed E-state index contributed by atoms with van der Waals surface area (Å²) in [5.74, 6) is 0.0295. The summed E-state index contributed by atoms with van der Waals surface area (Å²) in [6.07, 6.45) is 0. The van der Waals surface area contributed by atoms with Crippen molar-refractivity contribution in [2.45, 2.75) is 19.5 Å². The van der Waals surface area contributed by atoms with Crippen LogP contribution in [0.15, 0.2) is 72.1 Å². The molecule has 0 aliphatic heterocycles. The first-order chi connectivity index (χ1) is 12.6. The molecule has 134 valence electrons. The van der Waals surface area contributed by atoms with Gasteiger partial charge in [0.05, 0.1) is 12.6 Å². The quantitative estimate of drug-likeness (QED) is 0.674. The van der Waals surface area contributed by atoms with Gasteiger partial charge < -0.3 is 5.32 Å². The van der Waals surface area contributed by atoms with Gasteiger partial charge in [0, 0.05) is 11.4 Å². The number of carbonyl (C=O) groups excluding carboxylic acids is 1. The third kappa shape index (κ3) is 5.04. The van der Waals surface area contributed by atoms with Gasteiger partial charge in [-0.05, 0) is 36.5 Å². The van der Waals surface area contributed by atoms with Crippen molar-refractivity contribution in [1.29, 1.82) is 0 Å². The lowest BCUT2D eigenvalue weighted by molar-refractivity contribution is -0.122. The average Bonchev–Trinajstić information content (AvgIpc) is 3.17. The van der Waals surface area contributed by atoms with Crippen LogP contribution in [0.3, 0.4) is 0 Å². The number of carbonyl (C=O) groups is 1. The molecule has 1 N–H and O–H groups in total. The summed E-state index contributed by atoms with van der Waals surface area (Å²) in [5, 5.41) is 5.23. The second-order valence-corrected chi connectivity index (χ2v) is 7.56. The lowest BCUT2D eigenvalue weighted by Crippen LogP contribution is -2.37. The third-order valence-electron chi connectivity index (χ3n) is 4.25. The van der Waals surface area contributed by atoms with Crippen molar-refractivity contribution < 1.29 is 4.79 Å². The van der Waals surface area contributed by atoms with Gasteiger partial charge in [-0.1, -0.05) is 66.2 Å². The minimum atomic E-state index is -0.100. The van der Waals surface area contributed by atoms with E-state index in [1.54, 1.807) is 11.3 Å². The zero-order valence-electron chi connectivity index (χ0n) is 15.2. The molecule has 0 radical (unpaired) electrons. The standard InChI is InChI=1S/C22H24N2OS/c1-17-10-12-18(13-11-17)15-24(2)16-21(25)23-22(20-9-6-14-26-20)19-7-4-3-5-8-19/h3-14,22H,15-16H2,1-2H3,(H,23,25)/t22-/m1/s1. The molecule has 1 atom stereocenters. The van der Waals surface area contributed by atoms with Crippen molar-refractivity contribution >= 4 is 17.2 Å². The number of hydrogen-bond donors (Lipinski definition) is 1. The molecule has 1 amide bonds. The number of aryl methyl sites for hydroxylation is 1. The molecule has 26 heavy (non-hydrogen) atoms. The van der Waals surface area contributed by atoms with Crippen LogP contribution in [-0.4, -0.2) is 24.4 Å². The summed E-state index contributed by atoms with van der Waals surface area (Å²) in [4.78, 5) is 15.8. The molecule has 2 aromatic carbocycles. The van der Waals surface area contributed by atoms with E-state index in [0.29, 0.717) is 6.54 Å². The Hall–Kier alpha value is -2.43. The Labute approximate surface area is 159 Å². The van der Waals surface area contributed by atoms with Crippen molar-refractivity contribution in [3.8, 4) is 0 Å². The Kier molecular flexibility index (Phi) is 6.21. The van der Waals surface area contributed by atoms with Crippen molar-refractivity contribution in [2.75, 3.05) is 13.6 Å². The Morgan fingerprint density at radius 1 is 1.04 bits per heavy atom. The largest absolute Gasteiger partial charge is 0.343 e. The van der Waals surface area contributed by atoms with E-state index >= 15 is 0 Å². The first kappa shape index (κ1) is 18.4. The maximum atomic E-state index is 12.6. The van der Waals surface area contributed by atoms with E-state index in [9.17, 15) is 4.79 Å². The molecule has 0 unspecified atom stereocenters. The smallest absolute Gasteiger partial charge is 0.234 e. The Morgan fingerprint density at radius 3 is 2.42 bits per heavy atom. The lowest BCUT2D eigenvalue weighted by atomic mass is 10.1. The van der Waals surface area contributed by atoms with Crippen LogP contribution in [0, 0.1) is 6.92 Å². The van der Waals surface area contributed by atoms with Gasteiger partial charge >= 0.3 is 0 Å². The van der Waals surface area contributed by atoms with Gasteiger partial charge in [0.15, 0.2) is 0 Å². The predicted molar refractivity (Wildman–Crippen MR) is 108 cm³/mol. The fourth-order valence-electron chi connectivity index (χ4n) is 2.93. The molecule has 3 nitrogen and oxygen atoms in total. The molecule has 0 saturated carbocycles. The summed E-state index contributed by atoms with van der Waals surface area (Å²) in [6.45, 7) is 3.19. The number of amides is 1. The first-order valence-electron chi connectivity index (χ1n) is 8.73. The van der Waals surface area contributed by atoms with E-state index in [1.807, 2.05) is 41.6 Å². The van der Waals surface area contributed by atoms with Crippen LogP contribution in [0.2, 0.25) is 0 Å². The molecule has 1 heterocycles. The number of nitrogens with one attached hydrogen (secondary N) is 1. The number of benzene rings is 2. The van der Waals surface area contributed by atoms with Crippen molar-refractivity contribution in [2.24, 2.45) is 0 Å². The van der Waals surface area contributed by atoms with Crippen LogP contribution >= 0.6 is 11.3 Å². The monoisotopic (exact) mass is 364 g/mol. The lowest BCUT2D eigenvalue weighted by Gasteiger charge is -2.21. The molecule has 0 bridgehead atoms. The highest BCUT2D eigenvalue weighted by Gasteiger charge is 2.18.